The van der Waals surface area contributed by atoms with Gasteiger partial charge in [0.05, 0.1) is 0 Å². The van der Waals surface area contributed by atoms with Crippen molar-refractivity contribution < 1.29 is 0 Å². The Morgan fingerprint density at radius 1 is 1.44 bits per heavy atom. The van der Waals surface area contributed by atoms with E-state index in [4.69, 9.17) is 0 Å². The van der Waals surface area contributed by atoms with Crippen molar-refractivity contribution in [3.63, 3.8) is 0 Å². The fourth-order valence-corrected chi connectivity index (χ4v) is 2.81. The van der Waals surface area contributed by atoms with E-state index < -0.39 is 0 Å². The van der Waals surface area contributed by atoms with Crippen molar-refractivity contribution in [1.29, 1.82) is 0 Å². The van der Waals surface area contributed by atoms with Crippen LogP contribution >= 0.6 is 0 Å². The van der Waals surface area contributed by atoms with E-state index in [1.807, 2.05) is 0 Å². The summed E-state index contributed by atoms with van der Waals surface area (Å²) in [6.45, 7) is 4.83. The van der Waals surface area contributed by atoms with Gasteiger partial charge in [0.2, 0.25) is 0 Å². The molecule has 0 nitrogen and oxygen atoms in total. The van der Waals surface area contributed by atoms with Gasteiger partial charge in [-0.3, -0.25) is 0 Å². The Bertz CT molecular complexity index is 126. The van der Waals surface area contributed by atoms with Crippen LogP contribution < -0.4 is 0 Å². The molecule has 2 fully saturated rings. The van der Waals surface area contributed by atoms with Gasteiger partial charge in [-0.15, -0.1) is 0 Å². The standard InChI is InChI=1S/C9H16/c1-3-7-4-5-8-6-9(7,8)2/h7-8H,3-6H2,1-2H3. The van der Waals surface area contributed by atoms with Crippen molar-refractivity contribution >= 4 is 0 Å². The summed E-state index contributed by atoms with van der Waals surface area (Å²) in [5.41, 5.74) is 0.828. The number of hydrogen-bond acceptors (Lipinski definition) is 0. The molecule has 3 atom stereocenters. The fraction of sp³-hybridized carbons (Fsp3) is 1.00. The molecular weight excluding hydrogens is 108 g/mol. The van der Waals surface area contributed by atoms with Crippen molar-refractivity contribution in [2.24, 2.45) is 17.3 Å². The Kier molecular flexibility index (Phi) is 0.980. The van der Waals surface area contributed by atoms with Crippen LogP contribution in [0.1, 0.15) is 39.5 Å². The summed E-state index contributed by atoms with van der Waals surface area (Å²) in [5, 5.41) is 0. The number of fused-ring (bicyclic) bond motifs is 1. The van der Waals surface area contributed by atoms with Crippen LogP contribution in [0.3, 0.4) is 0 Å². The average molecular weight is 124 g/mol. The summed E-state index contributed by atoms with van der Waals surface area (Å²) in [5.74, 6) is 2.23. The average Bonchev–Trinajstić information content (AvgIpc) is 2.38. The second kappa shape index (κ2) is 1.53. The molecule has 2 aliphatic carbocycles. The smallest absolute Gasteiger partial charge is 0.0266 e. The second-order valence-electron chi connectivity index (χ2n) is 4.09. The lowest BCUT2D eigenvalue weighted by Gasteiger charge is -2.15. The van der Waals surface area contributed by atoms with Crippen molar-refractivity contribution in [3.8, 4) is 0 Å². The highest BCUT2D eigenvalue weighted by Gasteiger charge is 2.57. The molecule has 0 aliphatic heterocycles. The number of hydrogen-bond donors (Lipinski definition) is 0. The molecule has 0 radical (unpaired) electrons. The maximum Gasteiger partial charge on any atom is -0.0266 e. The molecule has 0 aromatic heterocycles. The van der Waals surface area contributed by atoms with E-state index in [1.165, 1.54) is 19.3 Å². The van der Waals surface area contributed by atoms with Crippen LogP contribution in [0.15, 0.2) is 0 Å². The third-order valence-electron chi connectivity index (χ3n) is 3.75. The van der Waals surface area contributed by atoms with Crippen LogP contribution in [0.5, 0.6) is 0 Å². The molecule has 2 rings (SSSR count). The van der Waals surface area contributed by atoms with Gasteiger partial charge in [-0.05, 0) is 36.5 Å². The molecule has 0 saturated heterocycles. The van der Waals surface area contributed by atoms with E-state index in [2.05, 4.69) is 13.8 Å². The lowest BCUT2D eigenvalue weighted by atomic mass is 9.90. The van der Waals surface area contributed by atoms with Gasteiger partial charge < -0.3 is 0 Å². The summed E-state index contributed by atoms with van der Waals surface area (Å²) < 4.78 is 0. The zero-order chi connectivity index (χ0) is 6.48. The Balaban J connectivity index is 2.09. The first-order valence-corrected chi connectivity index (χ1v) is 4.27. The van der Waals surface area contributed by atoms with Crippen molar-refractivity contribution in [2.45, 2.75) is 39.5 Å². The lowest BCUT2D eigenvalue weighted by molar-refractivity contribution is 0.347. The van der Waals surface area contributed by atoms with E-state index in [9.17, 15) is 0 Å². The highest BCUT2D eigenvalue weighted by atomic mass is 14.6. The van der Waals surface area contributed by atoms with Crippen molar-refractivity contribution in [3.05, 3.63) is 0 Å². The molecule has 2 aliphatic rings. The lowest BCUT2D eigenvalue weighted by Crippen LogP contribution is -2.06. The van der Waals surface area contributed by atoms with Crippen LogP contribution in [0, 0.1) is 17.3 Å². The molecule has 0 spiro atoms. The molecule has 52 valence electrons. The predicted octanol–water partition coefficient (Wildman–Crippen LogP) is 2.83. The highest BCUT2D eigenvalue weighted by Crippen LogP contribution is 2.66. The summed E-state index contributed by atoms with van der Waals surface area (Å²) in [7, 11) is 0. The van der Waals surface area contributed by atoms with Gasteiger partial charge in [0, 0.05) is 0 Å². The van der Waals surface area contributed by atoms with Crippen LogP contribution in [-0.2, 0) is 0 Å². The van der Waals surface area contributed by atoms with Crippen molar-refractivity contribution in [2.75, 3.05) is 0 Å². The van der Waals surface area contributed by atoms with E-state index in [1.54, 1.807) is 6.42 Å². The minimum atomic E-state index is 0.828. The van der Waals surface area contributed by atoms with E-state index >= 15 is 0 Å². The van der Waals surface area contributed by atoms with Gasteiger partial charge >= 0.3 is 0 Å². The van der Waals surface area contributed by atoms with Gasteiger partial charge in [-0.1, -0.05) is 20.3 Å². The van der Waals surface area contributed by atoms with Gasteiger partial charge in [0.15, 0.2) is 0 Å². The van der Waals surface area contributed by atoms with Gasteiger partial charge in [-0.2, -0.15) is 0 Å². The molecule has 0 N–H and O–H groups in total. The molecule has 0 aromatic rings. The minimum absolute atomic E-state index is 0.828. The van der Waals surface area contributed by atoms with Crippen LogP contribution in [0.2, 0.25) is 0 Å². The third kappa shape index (κ3) is 0.595. The Morgan fingerprint density at radius 3 is 2.44 bits per heavy atom. The van der Waals surface area contributed by atoms with Crippen molar-refractivity contribution in [1.82, 2.24) is 0 Å². The fourth-order valence-electron chi connectivity index (χ4n) is 2.81. The summed E-state index contributed by atoms with van der Waals surface area (Å²) in [6, 6.07) is 0. The van der Waals surface area contributed by atoms with Gasteiger partial charge in [0.25, 0.3) is 0 Å². The zero-order valence-electron chi connectivity index (χ0n) is 6.48. The Labute approximate surface area is 57.6 Å². The molecule has 3 unspecified atom stereocenters. The Morgan fingerprint density at radius 2 is 2.22 bits per heavy atom. The van der Waals surface area contributed by atoms with E-state index in [-0.39, 0.29) is 0 Å². The summed E-state index contributed by atoms with van der Waals surface area (Å²) in [6.07, 6.45) is 6.03. The molecular formula is C9H16. The first kappa shape index (κ1) is 5.76. The van der Waals surface area contributed by atoms with Crippen LogP contribution in [0.25, 0.3) is 0 Å². The molecule has 2 saturated carbocycles. The maximum atomic E-state index is 2.48. The SMILES string of the molecule is CCC1CCC2CC12C. The van der Waals surface area contributed by atoms with Gasteiger partial charge in [0.1, 0.15) is 0 Å². The first-order valence-electron chi connectivity index (χ1n) is 4.27. The zero-order valence-corrected chi connectivity index (χ0v) is 6.48. The highest BCUT2D eigenvalue weighted by molar-refractivity contribution is 5.07. The van der Waals surface area contributed by atoms with Gasteiger partial charge in [-0.25, -0.2) is 0 Å². The minimum Gasteiger partial charge on any atom is -0.0651 e. The molecule has 0 amide bonds. The van der Waals surface area contributed by atoms with Crippen LogP contribution in [0.4, 0.5) is 0 Å². The predicted molar refractivity (Wildman–Crippen MR) is 39.2 cm³/mol. The largest absolute Gasteiger partial charge is 0.0651 e. The second-order valence-corrected chi connectivity index (χ2v) is 4.09. The topological polar surface area (TPSA) is 0 Å². The van der Waals surface area contributed by atoms with Crippen LogP contribution in [-0.4, -0.2) is 0 Å². The summed E-state index contributed by atoms with van der Waals surface area (Å²) in [4.78, 5) is 0. The van der Waals surface area contributed by atoms with E-state index in [0.717, 1.165) is 17.3 Å². The van der Waals surface area contributed by atoms with E-state index in [0.29, 0.717) is 0 Å². The maximum absolute atomic E-state index is 2.48. The number of rotatable bonds is 1. The molecule has 0 heterocycles. The molecule has 0 heteroatoms. The monoisotopic (exact) mass is 124 g/mol. The third-order valence-corrected chi connectivity index (χ3v) is 3.75. The molecule has 0 aromatic carbocycles. The molecule has 0 bridgehead atoms. The quantitative estimate of drug-likeness (QED) is 0.504. The summed E-state index contributed by atoms with van der Waals surface area (Å²) >= 11 is 0. The molecule has 9 heavy (non-hydrogen) atoms. The first-order chi connectivity index (χ1) is 4.27. The Hall–Kier alpha value is 0. The normalized spacial score (nSPS) is 55.3.